The first-order valence-corrected chi connectivity index (χ1v) is 3.03. The van der Waals surface area contributed by atoms with Crippen molar-refractivity contribution in [2.45, 2.75) is 20.3 Å². The van der Waals surface area contributed by atoms with Crippen molar-refractivity contribution >= 4 is 9.24 Å². The van der Waals surface area contributed by atoms with Crippen LogP contribution in [0.2, 0.25) is 0 Å². The van der Waals surface area contributed by atoms with Crippen LogP contribution in [0.3, 0.4) is 0 Å². The Kier molecular flexibility index (Phi) is 9.31. The summed E-state index contributed by atoms with van der Waals surface area (Å²) in [6, 6.07) is 0. The maximum atomic E-state index is 3.77. The van der Waals surface area contributed by atoms with Gasteiger partial charge in [0.2, 0.25) is 0 Å². The Morgan fingerprint density at radius 1 is 1.62 bits per heavy atom. The average Bonchev–Trinajstić information content (AvgIpc) is 1.65. The van der Waals surface area contributed by atoms with Gasteiger partial charge in [0.25, 0.3) is 0 Å². The van der Waals surface area contributed by atoms with Crippen molar-refractivity contribution in [3.05, 3.63) is 17.8 Å². The molecule has 1 atom stereocenters. The minimum absolute atomic E-state index is 0. The summed E-state index contributed by atoms with van der Waals surface area (Å²) >= 11 is 0. The van der Waals surface area contributed by atoms with Crippen molar-refractivity contribution in [1.29, 1.82) is 0 Å². The summed E-state index contributed by atoms with van der Waals surface area (Å²) in [6.45, 7) is 7.91. The van der Waals surface area contributed by atoms with Crippen LogP contribution in [-0.2, 0) is 32.7 Å². The molecule has 0 spiro atoms. The first kappa shape index (κ1) is 11.9. The predicted octanol–water partition coefficient (Wildman–Crippen LogP) is 2.38. The monoisotopic (exact) mass is 204 g/mol. The molecule has 2 heteroatoms. The summed E-state index contributed by atoms with van der Waals surface area (Å²) in [5, 5.41) is 1.32. The Balaban J connectivity index is 0. The zero-order valence-corrected chi connectivity index (χ0v) is 9.56. The number of hydrogen-bond donors (Lipinski definition) is 0. The van der Waals surface area contributed by atoms with Gasteiger partial charge >= 0.3 is 0 Å². The zero-order chi connectivity index (χ0) is 5.86. The molecule has 0 rings (SSSR count). The molecule has 0 saturated carbocycles. The Hall–Kier alpha value is 1.14. The minimum atomic E-state index is 0. The normalized spacial score (nSPS) is 11.9. The third-order valence-corrected chi connectivity index (χ3v) is 1.83. The fraction of sp³-hybridized carbons (Fsp3) is 0.500. The molecule has 0 fully saturated rings. The Morgan fingerprint density at radius 2 is 2.00 bits per heavy atom. The maximum absolute atomic E-state index is 3.77. The van der Waals surface area contributed by atoms with E-state index in [2.05, 4.69) is 23.1 Å². The van der Waals surface area contributed by atoms with E-state index < -0.39 is 0 Å². The molecular weight excluding hydrogens is 192 g/mol. The quantitative estimate of drug-likeness (QED) is 0.454. The van der Waals surface area contributed by atoms with Crippen LogP contribution >= 0.6 is 9.24 Å². The van der Waals surface area contributed by atoms with Gasteiger partial charge in [0.05, 0.1) is 0 Å². The van der Waals surface area contributed by atoms with Crippen LogP contribution in [0.4, 0.5) is 0 Å². The fourth-order valence-corrected chi connectivity index (χ4v) is 0.302. The number of rotatable bonds is 1. The molecule has 0 N–H and O–H groups in total. The van der Waals surface area contributed by atoms with Crippen LogP contribution in [0.5, 0.6) is 0 Å². The van der Waals surface area contributed by atoms with Crippen molar-refractivity contribution in [3.8, 4) is 0 Å². The van der Waals surface area contributed by atoms with E-state index in [0.717, 1.165) is 6.42 Å². The fourth-order valence-electron chi connectivity index (χ4n) is 0.302. The predicted molar refractivity (Wildman–Crippen MR) is 38.1 cm³/mol. The Labute approximate surface area is 79.6 Å². The number of hydrogen-bond acceptors (Lipinski definition) is 0. The van der Waals surface area contributed by atoms with Crippen LogP contribution in [0.1, 0.15) is 20.3 Å². The van der Waals surface area contributed by atoms with Gasteiger partial charge in [0.1, 0.15) is 0 Å². The third-order valence-electron chi connectivity index (χ3n) is 0.929. The van der Waals surface area contributed by atoms with Gasteiger partial charge in [-0.05, 0) is 0 Å². The summed E-state index contributed by atoms with van der Waals surface area (Å²) in [6.07, 6.45) is 1.10. The number of allylic oxidation sites excluding steroid dienone is 2. The van der Waals surface area contributed by atoms with Crippen molar-refractivity contribution in [1.82, 2.24) is 0 Å². The maximum Gasteiger partial charge on any atom is 0 e. The SMILES string of the molecule is [CH2-]/C(C)=C(\P)CC.[Y]. The molecule has 45 valence electrons. The van der Waals surface area contributed by atoms with Crippen molar-refractivity contribution in [2.75, 3.05) is 0 Å². The van der Waals surface area contributed by atoms with E-state index in [4.69, 9.17) is 0 Å². The van der Waals surface area contributed by atoms with E-state index >= 15 is 0 Å². The molecule has 0 heterocycles. The summed E-state index contributed by atoms with van der Waals surface area (Å²) < 4.78 is 0. The summed E-state index contributed by atoms with van der Waals surface area (Å²) in [7, 11) is 2.67. The summed E-state index contributed by atoms with van der Waals surface area (Å²) in [4.78, 5) is 0. The summed E-state index contributed by atoms with van der Waals surface area (Å²) in [5.41, 5.74) is 1.17. The van der Waals surface area contributed by atoms with Gasteiger partial charge in [0.15, 0.2) is 0 Å². The Morgan fingerprint density at radius 3 is 2.00 bits per heavy atom. The molecule has 0 aromatic carbocycles. The standard InChI is InChI=1S/C6H12P.Y/c1-4-6(7)5(2)3;/h2,4,7H2,1,3H3;/q-1;/b6-5+;. The van der Waals surface area contributed by atoms with Gasteiger partial charge in [-0.2, -0.15) is 14.6 Å². The molecule has 0 bridgehead atoms. The van der Waals surface area contributed by atoms with Crippen LogP contribution in [0.15, 0.2) is 10.9 Å². The van der Waals surface area contributed by atoms with Gasteiger partial charge in [-0.1, -0.05) is 20.3 Å². The molecule has 8 heavy (non-hydrogen) atoms. The van der Waals surface area contributed by atoms with Crippen LogP contribution in [0.25, 0.3) is 0 Å². The van der Waals surface area contributed by atoms with Crippen LogP contribution in [0, 0.1) is 6.92 Å². The molecule has 0 aliphatic heterocycles. The molecule has 0 aromatic heterocycles. The molecule has 0 aliphatic carbocycles. The van der Waals surface area contributed by atoms with Gasteiger partial charge < -0.3 is 0 Å². The second-order valence-electron chi connectivity index (χ2n) is 1.66. The van der Waals surface area contributed by atoms with Crippen LogP contribution in [-0.4, -0.2) is 0 Å². The smallest absolute Gasteiger partial charge is 0 e. The molecule has 1 unspecified atom stereocenters. The van der Waals surface area contributed by atoms with Gasteiger partial charge in [-0.3, -0.25) is 0 Å². The topological polar surface area (TPSA) is 0 Å². The minimum Gasteiger partial charge on any atom is -0.242 e. The Bertz CT molecular complexity index is 82.5. The van der Waals surface area contributed by atoms with E-state index in [0.29, 0.717) is 0 Å². The molecule has 1 radical (unpaired) electrons. The molecule has 0 nitrogen and oxygen atoms in total. The largest absolute Gasteiger partial charge is 0.242 e. The van der Waals surface area contributed by atoms with Crippen LogP contribution < -0.4 is 0 Å². The van der Waals surface area contributed by atoms with E-state index in [-0.39, 0.29) is 32.7 Å². The van der Waals surface area contributed by atoms with E-state index in [1.165, 1.54) is 10.9 Å². The van der Waals surface area contributed by atoms with E-state index in [1.54, 1.807) is 0 Å². The van der Waals surface area contributed by atoms with Gasteiger partial charge in [0, 0.05) is 32.7 Å². The molecule has 0 saturated heterocycles. The molecule has 0 aliphatic rings. The molecular formula is C6H12PY-. The second-order valence-corrected chi connectivity index (χ2v) is 2.36. The van der Waals surface area contributed by atoms with E-state index in [1.807, 2.05) is 6.92 Å². The van der Waals surface area contributed by atoms with Gasteiger partial charge in [-0.25, -0.2) is 12.5 Å². The average molecular weight is 204 g/mol. The second kappa shape index (κ2) is 6.27. The van der Waals surface area contributed by atoms with E-state index in [9.17, 15) is 0 Å². The molecule has 0 aromatic rings. The first-order valence-electron chi connectivity index (χ1n) is 2.45. The van der Waals surface area contributed by atoms with Crippen molar-refractivity contribution < 1.29 is 32.7 Å². The van der Waals surface area contributed by atoms with Crippen molar-refractivity contribution in [2.24, 2.45) is 0 Å². The van der Waals surface area contributed by atoms with Gasteiger partial charge in [-0.15, -0.1) is 0 Å². The zero-order valence-electron chi connectivity index (χ0n) is 5.57. The third kappa shape index (κ3) is 5.28. The van der Waals surface area contributed by atoms with Crippen molar-refractivity contribution in [3.63, 3.8) is 0 Å². The summed E-state index contributed by atoms with van der Waals surface area (Å²) in [5.74, 6) is 0. The first-order chi connectivity index (χ1) is 3.18. The molecule has 0 amide bonds.